The van der Waals surface area contributed by atoms with Crippen LogP contribution in [0.25, 0.3) is 0 Å². The molecule has 1 amide bonds. The third-order valence-corrected chi connectivity index (χ3v) is 6.12. The number of carbonyl (C=O) groups excluding carboxylic acids is 1. The molecule has 2 aromatic carbocycles. The van der Waals surface area contributed by atoms with Gasteiger partial charge >= 0.3 is 0 Å². The summed E-state index contributed by atoms with van der Waals surface area (Å²) in [6.07, 6.45) is 0. The fourth-order valence-corrected chi connectivity index (χ4v) is 3.94. The van der Waals surface area contributed by atoms with Gasteiger partial charge in [-0.05, 0) is 30.2 Å². The van der Waals surface area contributed by atoms with E-state index in [0.29, 0.717) is 6.54 Å². The molecule has 0 spiro atoms. The van der Waals surface area contributed by atoms with E-state index in [4.69, 9.17) is 4.74 Å². The van der Waals surface area contributed by atoms with E-state index >= 15 is 0 Å². The number of methoxy groups -OCH3 is 1. The molecule has 0 saturated carbocycles. The summed E-state index contributed by atoms with van der Waals surface area (Å²) >= 11 is 0. The van der Waals surface area contributed by atoms with E-state index in [1.165, 1.54) is 31.1 Å². The second-order valence-corrected chi connectivity index (χ2v) is 8.42. The summed E-state index contributed by atoms with van der Waals surface area (Å²) in [7, 11) is -0.890. The molecule has 7 heteroatoms. The minimum Gasteiger partial charge on any atom is -0.494 e. The van der Waals surface area contributed by atoms with Crippen LogP contribution in [0.4, 0.5) is 4.39 Å². The molecule has 0 saturated heterocycles. The van der Waals surface area contributed by atoms with E-state index in [9.17, 15) is 17.6 Å². The lowest BCUT2D eigenvalue weighted by molar-refractivity contribution is -0.129. The van der Waals surface area contributed by atoms with Gasteiger partial charge in [-0.3, -0.25) is 4.79 Å². The molecule has 140 valence electrons. The Morgan fingerprint density at radius 1 is 1.15 bits per heavy atom. The number of halogens is 1. The van der Waals surface area contributed by atoms with E-state index < -0.39 is 32.6 Å². The highest BCUT2D eigenvalue weighted by atomic mass is 32.2. The van der Waals surface area contributed by atoms with Gasteiger partial charge in [-0.25, -0.2) is 12.8 Å². The molecule has 2 aromatic rings. The minimum absolute atomic E-state index is 0.0397. The average Bonchev–Trinajstić information content (AvgIpc) is 2.61. The third kappa shape index (κ3) is 4.82. The number of benzene rings is 2. The fraction of sp³-hybridized carbons (Fsp3) is 0.316. The van der Waals surface area contributed by atoms with Crippen molar-refractivity contribution in [2.24, 2.45) is 0 Å². The molecular formula is C19H22FNO4S. The molecule has 2 rings (SSSR count). The normalized spacial score (nSPS) is 12.5. The number of rotatable bonds is 7. The predicted octanol–water partition coefficient (Wildman–Crippen LogP) is 2.80. The van der Waals surface area contributed by atoms with Crippen LogP contribution in [0.1, 0.15) is 18.1 Å². The van der Waals surface area contributed by atoms with Crippen LogP contribution in [-0.4, -0.2) is 38.6 Å². The second kappa shape index (κ2) is 8.31. The standard InChI is InChI=1S/C19H22FNO4S/c1-14(19(22)21(2)12-15-7-5-4-6-8-15)26(23,24)13-16-9-10-18(25-3)17(20)11-16/h4-11,14H,12-13H2,1-3H3. The molecule has 1 unspecified atom stereocenters. The number of nitrogens with zero attached hydrogens (tertiary/aromatic N) is 1. The quantitative estimate of drug-likeness (QED) is 0.742. The molecule has 1 atom stereocenters. The second-order valence-electron chi connectivity index (χ2n) is 6.10. The third-order valence-electron chi connectivity index (χ3n) is 4.11. The fourth-order valence-electron chi connectivity index (χ4n) is 2.56. The lowest BCUT2D eigenvalue weighted by Gasteiger charge is -2.21. The molecular weight excluding hydrogens is 357 g/mol. The summed E-state index contributed by atoms with van der Waals surface area (Å²) in [5, 5.41) is -1.22. The highest BCUT2D eigenvalue weighted by Gasteiger charge is 2.30. The maximum Gasteiger partial charge on any atom is 0.240 e. The van der Waals surface area contributed by atoms with Gasteiger partial charge in [-0.1, -0.05) is 36.4 Å². The zero-order valence-corrected chi connectivity index (χ0v) is 15.8. The van der Waals surface area contributed by atoms with Gasteiger partial charge in [0.1, 0.15) is 5.25 Å². The summed E-state index contributed by atoms with van der Waals surface area (Å²) in [6.45, 7) is 1.68. The van der Waals surface area contributed by atoms with Gasteiger partial charge in [-0.15, -0.1) is 0 Å². The summed E-state index contributed by atoms with van der Waals surface area (Å²) in [6, 6.07) is 13.3. The Hall–Kier alpha value is -2.41. The van der Waals surface area contributed by atoms with Crippen LogP contribution in [0.5, 0.6) is 5.75 Å². The van der Waals surface area contributed by atoms with Crippen molar-refractivity contribution in [1.82, 2.24) is 4.90 Å². The first-order valence-electron chi connectivity index (χ1n) is 8.07. The van der Waals surface area contributed by atoms with E-state index in [1.54, 1.807) is 7.05 Å². The van der Waals surface area contributed by atoms with Crippen molar-refractivity contribution in [3.05, 3.63) is 65.5 Å². The van der Waals surface area contributed by atoms with Gasteiger partial charge in [0.2, 0.25) is 5.91 Å². The van der Waals surface area contributed by atoms with Gasteiger partial charge < -0.3 is 9.64 Å². The van der Waals surface area contributed by atoms with Gasteiger partial charge in [0.05, 0.1) is 12.9 Å². The van der Waals surface area contributed by atoms with Crippen LogP contribution < -0.4 is 4.74 Å². The monoisotopic (exact) mass is 379 g/mol. The Kier molecular flexibility index (Phi) is 6.37. The molecule has 0 aromatic heterocycles. The van der Waals surface area contributed by atoms with Crippen LogP contribution in [0.15, 0.2) is 48.5 Å². The van der Waals surface area contributed by atoms with E-state index in [0.717, 1.165) is 11.6 Å². The van der Waals surface area contributed by atoms with E-state index in [1.807, 2.05) is 30.3 Å². The molecule has 5 nitrogen and oxygen atoms in total. The van der Waals surface area contributed by atoms with Crippen molar-refractivity contribution in [1.29, 1.82) is 0 Å². The molecule has 0 N–H and O–H groups in total. The molecule has 0 radical (unpaired) electrons. The maximum absolute atomic E-state index is 13.8. The number of hydrogen-bond acceptors (Lipinski definition) is 4. The van der Waals surface area contributed by atoms with Crippen molar-refractivity contribution in [3.8, 4) is 5.75 Å². The van der Waals surface area contributed by atoms with Crippen LogP contribution in [0.3, 0.4) is 0 Å². The van der Waals surface area contributed by atoms with Gasteiger partial charge in [-0.2, -0.15) is 0 Å². The van der Waals surface area contributed by atoms with Crippen molar-refractivity contribution < 1.29 is 22.3 Å². The van der Waals surface area contributed by atoms with Crippen LogP contribution in [-0.2, 0) is 26.9 Å². The first-order valence-corrected chi connectivity index (χ1v) is 9.79. The van der Waals surface area contributed by atoms with Crippen molar-refractivity contribution >= 4 is 15.7 Å². The number of carbonyl (C=O) groups is 1. The van der Waals surface area contributed by atoms with Gasteiger partial charge in [0.15, 0.2) is 21.4 Å². The zero-order valence-electron chi connectivity index (χ0n) is 15.0. The lowest BCUT2D eigenvalue weighted by atomic mass is 10.2. The largest absolute Gasteiger partial charge is 0.494 e. The topological polar surface area (TPSA) is 63.7 Å². The molecule has 0 aliphatic carbocycles. The van der Waals surface area contributed by atoms with Crippen LogP contribution in [0, 0.1) is 5.82 Å². The summed E-state index contributed by atoms with van der Waals surface area (Å²) in [5.41, 5.74) is 1.18. The lowest BCUT2D eigenvalue weighted by Crippen LogP contribution is -2.39. The van der Waals surface area contributed by atoms with E-state index in [-0.39, 0.29) is 11.3 Å². The predicted molar refractivity (Wildman–Crippen MR) is 98.0 cm³/mol. The number of hydrogen-bond donors (Lipinski definition) is 0. The summed E-state index contributed by atoms with van der Waals surface area (Å²) in [4.78, 5) is 13.9. The van der Waals surface area contributed by atoms with Crippen molar-refractivity contribution in [2.75, 3.05) is 14.2 Å². The zero-order chi connectivity index (χ0) is 19.3. The Bertz CT molecular complexity index is 868. The SMILES string of the molecule is COc1ccc(CS(=O)(=O)C(C)C(=O)N(C)Cc2ccccc2)cc1F. The number of amides is 1. The molecule has 0 aliphatic heterocycles. The van der Waals surface area contributed by atoms with Crippen molar-refractivity contribution in [2.45, 2.75) is 24.5 Å². The Labute approximate surface area is 153 Å². The highest BCUT2D eigenvalue weighted by Crippen LogP contribution is 2.21. The molecule has 0 heterocycles. The van der Waals surface area contributed by atoms with Crippen molar-refractivity contribution in [3.63, 3.8) is 0 Å². The minimum atomic E-state index is -3.78. The van der Waals surface area contributed by atoms with Gasteiger partial charge in [0, 0.05) is 13.6 Å². The molecule has 0 bridgehead atoms. The highest BCUT2D eigenvalue weighted by molar-refractivity contribution is 7.92. The van der Waals surface area contributed by atoms with Crippen LogP contribution >= 0.6 is 0 Å². The first-order chi connectivity index (χ1) is 12.2. The van der Waals surface area contributed by atoms with Gasteiger partial charge in [0.25, 0.3) is 0 Å². The molecule has 0 fully saturated rings. The average molecular weight is 379 g/mol. The van der Waals surface area contributed by atoms with E-state index in [2.05, 4.69) is 0 Å². The Morgan fingerprint density at radius 2 is 1.81 bits per heavy atom. The number of ether oxygens (including phenoxy) is 1. The number of sulfone groups is 1. The maximum atomic E-state index is 13.8. The Balaban J connectivity index is 2.09. The summed E-state index contributed by atoms with van der Waals surface area (Å²) < 4.78 is 43.7. The molecule has 0 aliphatic rings. The first kappa shape index (κ1) is 19.9. The smallest absolute Gasteiger partial charge is 0.240 e. The molecule has 26 heavy (non-hydrogen) atoms. The van der Waals surface area contributed by atoms with Crippen LogP contribution in [0.2, 0.25) is 0 Å². The Morgan fingerprint density at radius 3 is 2.38 bits per heavy atom. The summed E-state index contributed by atoms with van der Waals surface area (Å²) in [5.74, 6) is -1.51.